The van der Waals surface area contributed by atoms with Crippen LogP contribution in [0.25, 0.3) is 10.8 Å². The van der Waals surface area contributed by atoms with Crippen LogP contribution in [-0.4, -0.2) is 43.5 Å². The number of nitrogens with two attached hydrogens (primary N) is 1. The summed E-state index contributed by atoms with van der Waals surface area (Å²) >= 11 is 0. The molecule has 0 fully saturated rings. The van der Waals surface area contributed by atoms with Crippen molar-refractivity contribution in [1.82, 2.24) is 10.2 Å². The third-order valence-electron chi connectivity index (χ3n) is 2.80. The van der Waals surface area contributed by atoms with Crippen LogP contribution in [0.5, 0.6) is 0 Å². The summed E-state index contributed by atoms with van der Waals surface area (Å²) in [6.07, 6.45) is 1.77. The maximum absolute atomic E-state index is 5.95. The van der Waals surface area contributed by atoms with Gasteiger partial charge in [0.25, 0.3) is 0 Å². The molecular weight excluding hydrogens is 228 g/mol. The molecule has 1 aromatic carbocycles. The highest BCUT2D eigenvalue weighted by atomic mass is 16.5. The van der Waals surface area contributed by atoms with E-state index in [1.807, 2.05) is 36.2 Å². The highest BCUT2D eigenvalue weighted by Crippen LogP contribution is 2.21. The first-order chi connectivity index (χ1) is 8.72. The number of hydrogen-bond donors (Lipinski definition) is 1. The second-order valence-corrected chi connectivity index (χ2v) is 4.35. The number of methoxy groups -OCH3 is 1. The molecule has 5 nitrogen and oxygen atoms in total. The Bertz CT molecular complexity index is 512. The van der Waals surface area contributed by atoms with Gasteiger partial charge in [-0.2, -0.15) is 5.10 Å². The molecule has 0 saturated heterocycles. The zero-order valence-corrected chi connectivity index (χ0v) is 10.7. The minimum Gasteiger partial charge on any atom is -0.383 e. The van der Waals surface area contributed by atoms with Crippen LogP contribution in [0.1, 0.15) is 0 Å². The van der Waals surface area contributed by atoms with Crippen molar-refractivity contribution in [2.24, 2.45) is 5.73 Å². The molecule has 0 radical (unpaired) electrons. The average molecular weight is 246 g/mol. The van der Waals surface area contributed by atoms with Gasteiger partial charge in [-0.15, -0.1) is 5.10 Å². The number of aromatic nitrogens is 2. The summed E-state index contributed by atoms with van der Waals surface area (Å²) in [6, 6.07) is 8.01. The normalized spacial score (nSPS) is 12.6. The van der Waals surface area contributed by atoms with Gasteiger partial charge in [-0.05, 0) is 0 Å². The predicted octanol–water partition coefficient (Wildman–Crippen LogP) is 1.04. The van der Waals surface area contributed by atoms with Crippen LogP contribution in [-0.2, 0) is 4.74 Å². The molecule has 1 unspecified atom stereocenters. The van der Waals surface area contributed by atoms with Gasteiger partial charge in [0, 0.05) is 37.5 Å². The Labute approximate surface area is 107 Å². The van der Waals surface area contributed by atoms with Gasteiger partial charge >= 0.3 is 0 Å². The van der Waals surface area contributed by atoms with Gasteiger partial charge in [0.1, 0.15) is 0 Å². The lowest BCUT2D eigenvalue weighted by molar-refractivity contribution is 0.181. The minimum atomic E-state index is -0.0410. The standard InChI is InChI=1S/C13H18N4O/c1-17(8-11(14)9-18-2)13-12-6-4-3-5-10(12)7-15-16-13/h3-7,11H,8-9,14H2,1-2H3. The summed E-state index contributed by atoms with van der Waals surface area (Å²) in [6.45, 7) is 1.21. The van der Waals surface area contributed by atoms with E-state index in [-0.39, 0.29) is 6.04 Å². The molecule has 0 bridgehead atoms. The SMILES string of the molecule is COCC(N)CN(C)c1nncc2ccccc12. The summed E-state index contributed by atoms with van der Waals surface area (Å²) in [5.41, 5.74) is 5.95. The third-order valence-corrected chi connectivity index (χ3v) is 2.80. The molecule has 2 aromatic rings. The number of rotatable bonds is 5. The fourth-order valence-electron chi connectivity index (χ4n) is 2.00. The number of anilines is 1. The van der Waals surface area contributed by atoms with E-state index in [1.54, 1.807) is 13.3 Å². The molecule has 18 heavy (non-hydrogen) atoms. The number of hydrogen-bond acceptors (Lipinski definition) is 5. The lowest BCUT2D eigenvalue weighted by Crippen LogP contribution is -2.38. The van der Waals surface area contributed by atoms with Crippen LogP contribution in [0.4, 0.5) is 5.82 Å². The van der Waals surface area contributed by atoms with Crippen LogP contribution in [0, 0.1) is 0 Å². The van der Waals surface area contributed by atoms with Gasteiger partial charge in [0.2, 0.25) is 0 Å². The van der Waals surface area contributed by atoms with E-state index in [0.717, 1.165) is 16.6 Å². The van der Waals surface area contributed by atoms with E-state index < -0.39 is 0 Å². The molecule has 0 saturated carbocycles. The predicted molar refractivity (Wildman–Crippen MR) is 72.7 cm³/mol. The first kappa shape index (κ1) is 12.7. The summed E-state index contributed by atoms with van der Waals surface area (Å²) in [7, 11) is 3.61. The number of ether oxygens (including phenoxy) is 1. The maximum atomic E-state index is 5.95. The van der Waals surface area contributed by atoms with Gasteiger partial charge in [-0.3, -0.25) is 0 Å². The second-order valence-electron chi connectivity index (χ2n) is 4.35. The summed E-state index contributed by atoms with van der Waals surface area (Å²) in [5, 5.41) is 10.4. The molecular formula is C13H18N4O. The van der Waals surface area contributed by atoms with Crippen molar-refractivity contribution in [3.63, 3.8) is 0 Å². The number of benzene rings is 1. The van der Waals surface area contributed by atoms with Crippen molar-refractivity contribution in [3.8, 4) is 0 Å². The first-order valence-electron chi connectivity index (χ1n) is 5.88. The molecule has 1 heterocycles. The second kappa shape index (κ2) is 5.75. The third kappa shape index (κ3) is 2.75. The molecule has 5 heteroatoms. The van der Waals surface area contributed by atoms with Crippen molar-refractivity contribution in [3.05, 3.63) is 30.5 Å². The van der Waals surface area contributed by atoms with Gasteiger partial charge in [0.15, 0.2) is 5.82 Å². The smallest absolute Gasteiger partial charge is 0.158 e. The van der Waals surface area contributed by atoms with E-state index >= 15 is 0 Å². The maximum Gasteiger partial charge on any atom is 0.158 e. The molecule has 0 spiro atoms. The molecule has 0 aliphatic heterocycles. The van der Waals surface area contributed by atoms with Crippen LogP contribution in [0.15, 0.2) is 30.5 Å². The van der Waals surface area contributed by atoms with Crippen molar-refractivity contribution in [2.75, 3.05) is 32.2 Å². The molecule has 1 aromatic heterocycles. The zero-order valence-electron chi connectivity index (χ0n) is 10.7. The Balaban J connectivity index is 2.24. The molecule has 0 amide bonds. The van der Waals surface area contributed by atoms with Crippen molar-refractivity contribution < 1.29 is 4.74 Å². The number of nitrogens with zero attached hydrogens (tertiary/aromatic N) is 3. The van der Waals surface area contributed by atoms with E-state index in [2.05, 4.69) is 10.2 Å². The quantitative estimate of drug-likeness (QED) is 0.854. The Hall–Kier alpha value is -1.72. The lowest BCUT2D eigenvalue weighted by Gasteiger charge is -2.22. The van der Waals surface area contributed by atoms with Gasteiger partial charge < -0.3 is 15.4 Å². The zero-order chi connectivity index (χ0) is 13.0. The van der Waals surface area contributed by atoms with Crippen LogP contribution in [0.2, 0.25) is 0 Å². The van der Waals surface area contributed by atoms with Crippen LogP contribution in [0.3, 0.4) is 0 Å². The highest BCUT2D eigenvalue weighted by Gasteiger charge is 2.11. The first-order valence-corrected chi connectivity index (χ1v) is 5.88. The topological polar surface area (TPSA) is 64.3 Å². The summed E-state index contributed by atoms with van der Waals surface area (Å²) < 4.78 is 5.04. The van der Waals surface area contributed by atoms with E-state index in [1.165, 1.54) is 0 Å². The monoisotopic (exact) mass is 246 g/mol. The van der Waals surface area contributed by atoms with Crippen LogP contribution < -0.4 is 10.6 Å². The van der Waals surface area contributed by atoms with Crippen molar-refractivity contribution in [1.29, 1.82) is 0 Å². The minimum absolute atomic E-state index is 0.0410. The van der Waals surface area contributed by atoms with Gasteiger partial charge in [-0.1, -0.05) is 24.3 Å². The Kier molecular flexibility index (Phi) is 4.07. The van der Waals surface area contributed by atoms with Crippen molar-refractivity contribution in [2.45, 2.75) is 6.04 Å². The molecule has 1 atom stereocenters. The van der Waals surface area contributed by atoms with E-state index in [0.29, 0.717) is 13.2 Å². The fraction of sp³-hybridized carbons (Fsp3) is 0.385. The lowest BCUT2D eigenvalue weighted by atomic mass is 10.2. The molecule has 2 N–H and O–H groups in total. The molecule has 0 aliphatic rings. The van der Waals surface area contributed by atoms with Crippen LogP contribution >= 0.6 is 0 Å². The number of likely N-dealkylation sites (N-methyl/N-ethyl adjacent to an activating group) is 1. The fourth-order valence-corrected chi connectivity index (χ4v) is 2.00. The Morgan fingerprint density at radius 2 is 2.17 bits per heavy atom. The summed E-state index contributed by atoms with van der Waals surface area (Å²) in [4.78, 5) is 2.01. The Morgan fingerprint density at radius 3 is 2.94 bits per heavy atom. The molecule has 2 rings (SSSR count). The largest absolute Gasteiger partial charge is 0.383 e. The van der Waals surface area contributed by atoms with Gasteiger partial charge in [0.05, 0.1) is 12.8 Å². The average Bonchev–Trinajstić information content (AvgIpc) is 2.38. The molecule has 96 valence electrons. The molecule has 0 aliphatic carbocycles. The Morgan fingerprint density at radius 1 is 1.39 bits per heavy atom. The highest BCUT2D eigenvalue weighted by molar-refractivity contribution is 5.91. The van der Waals surface area contributed by atoms with E-state index in [4.69, 9.17) is 10.5 Å². The summed E-state index contributed by atoms with van der Waals surface area (Å²) in [5.74, 6) is 0.847. The number of fused-ring (bicyclic) bond motifs is 1. The van der Waals surface area contributed by atoms with E-state index in [9.17, 15) is 0 Å². The van der Waals surface area contributed by atoms with Crippen molar-refractivity contribution >= 4 is 16.6 Å². The van der Waals surface area contributed by atoms with Gasteiger partial charge in [-0.25, -0.2) is 0 Å².